The number of methoxy groups -OCH3 is 1. The van der Waals surface area contributed by atoms with E-state index in [1.54, 1.807) is 7.11 Å². The summed E-state index contributed by atoms with van der Waals surface area (Å²) < 4.78 is 16.5. The molecule has 1 aromatic rings. The number of hydrogen-bond acceptors (Lipinski definition) is 4. The fourth-order valence-corrected chi connectivity index (χ4v) is 3.60. The molecule has 2 aliphatic rings. The third-order valence-corrected chi connectivity index (χ3v) is 6.18. The Morgan fingerprint density at radius 1 is 1.42 bits per heavy atom. The van der Waals surface area contributed by atoms with Crippen molar-refractivity contribution in [3.63, 3.8) is 0 Å². The van der Waals surface area contributed by atoms with Crippen molar-refractivity contribution < 1.29 is 19.0 Å². The number of carbonyl (C=O) groups excluding carboxylic acids is 1. The summed E-state index contributed by atoms with van der Waals surface area (Å²) in [5.74, 6) is 1.30. The monoisotopic (exact) mass is 374 g/mol. The highest BCUT2D eigenvalue weighted by Gasteiger charge is 2.61. The standard InChI is InChI=1S/C14H15IO4/c1-13(2)14(15)7-11(16)18-12(14)9-5-4-8(17-3)6-10(9)19-13/h4-6,12H,7H2,1-3H3/t12-,14+/m0/s1. The summed E-state index contributed by atoms with van der Waals surface area (Å²) in [5.41, 5.74) is 0.435. The first-order valence-corrected chi connectivity index (χ1v) is 7.20. The van der Waals surface area contributed by atoms with E-state index >= 15 is 0 Å². The predicted molar refractivity (Wildman–Crippen MR) is 77.9 cm³/mol. The van der Waals surface area contributed by atoms with Crippen LogP contribution in [0.5, 0.6) is 11.5 Å². The fraction of sp³-hybridized carbons (Fsp3) is 0.500. The van der Waals surface area contributed by atoms with Gasteiger partial charge in [-0.15, -0.1) is 0 Å². The number of alkyl halides is 1. The van der Waals surface area contributed by atoms with Gasteiger partial charge in [0.2, 0.25) is 0 Å². The third-order valence-electron chi connectivity index (χ3n) is 3.94. The van der Waals surface area contributed by atoms with Crippen LogP contribution in [0.3, 0.4) is 0 Å². The first-order chi connectivity index (χ1) is 8.87. The van der Waals surface area contributed by atoms with E-state index < -0.39 is 5.60 Å². The summed E-state index contributed by atoms with van der Waals surface area (Å²) in [4.78, 5) is 11.7. The lowest BCUT2D eigenvalue weighted by Crippen LogP contribution is -2.54. The normalized spacial score (nSPS) is 30.9. The minimum atomic E-state index is -0.482. The van der Waals surface area contributed by atoms with Gasteiger partial charge >= 0.3 is 5.97 Å². The van der Waals surface area contributed by atoms with E-state index in [0.29, 0.717) is 6.42 Å². The molecular weight excluding hydrogens is 359 g/mol. The van der Waals surface area contributed by atoms with Crippen LogP contribution in [0.15, 0.2) is 18.2 Å². The zero-order valence-electron chi connectivity index (χ0n) is 11.0. The van der Waals surface area contributed by atoms with Crippen LogP contribution in [0.2, 0.25) is 0 Å². The molecule has 0 aromatic heterocycles. The van der Waals surface area contributed by atoms with E-state index in [-0.39, 0.29) is 15.5 Å². The molecule has 0 amide bonds. The van der Waals surface area contributed by atoms with Gasteiger partial charge in [-0.3, -0.25) is 4.79 Å². The summed E-state index contributed by atoms with van der Waals surface area (Å²) in [7, 11) is 1.62. The van der Waals surface area contributed by atoms with Crippen molar-refractivity contribution in [1.82, 2.24) is 0 Å². The van der Waals surface area contributed by atoms with Gasteiger partial charge in [0.05, 0.1) is 13.5 Å². The van der Waals surface area contributed by atoms with Crippen molar-refractivity contribution in [1.29, 1.82) is 0 Å². The Bertz CT molecular complexity index is 554. The molecule has 1 aromatic carbocycles. The summed E-state index contributed by atoms with van der Waals surface area (Å²) >= 11 is 2.31. The van der Waals surface area contributed by atoms with Gasteiger partial charge in [-0.25, -0.2) is 0 Å². The van der Waals surface area contributed by atoms with E-state index in [0.717, 1.165) is 17.1 Å². The molecule has 2 aliphatic heterocycles. The lowest BCUT2D eigenvalue weighted by atomic mass is 9.79. The van der Waals surface area contributed by atoms with Crippen LogP contribution >= 0.6 is 22.6 Å². The number of ether oxygens (including phenoxy) is 3. The highest BCUT2D eigenvalue weighted by molar-refractivity contribution is 14.1. The number of benzene rings is 1. The molecule has 4 nitrogen and oxygen atoms in total. The maximum atomic E-state index is 11.7. The Balaban J connectivity index is 2.15. The van der Waals surface area contributed by atoms with Crippen LogP contribution in [0.4, 0.5) is 0 Å². The van der Waals surface area contributed by atoms with Crippen molar-refractivity contribution in [3.05, 3.63) is 23.8 Å². The molecule has 0 spiro atoms. The number of carbonyl (C=O) groups is 1. The minimum Gasteiger partial charge on any atom is -0.497 e. The first kappa shape index (κ1) is 13.0. The molecule has 0 N–H and O–H groups in total. The van der Waals surface area contributed by atoms with Crippen LogP contribution in [0.25, 0.3) is 0 Å². The summed E-state index contributed by atoms with van der Waals surface area (Å²) in [6.45, 7) is 3.99. The van der Waals surface area contributed by atoms with E-state index in [2.05, 4.69) is 22.6 Å². The molecule has 0 radical (unpaired) electrons. The molecule has 5 heteroatoms. The molecule has 0 saturated carbocycles. The number of fused-ring (bicyclic) bond motifs is 3. The summed E-state index contributed by atoms with van der Waals surface area (Å²) in [5, 5.41) is 0. The lowest BCUT2D eigenvalue weighted by molar-refractivity contribution is -0.142. The van der Waals surface area contributed by atoms with Crippen molar-refractivity contribution in [2.24, 2.45) is 0 Å². The van der Waals surface area contributed by atoms with Crippen molar-refractivity contribution in [3.8, 4) is 11.5 Å². The van der Waals surface area contributed by atoms with Gasteiger partial charge in [-0.2, -0.15) is 0 Å². The maximum Gasteiger partial charge on any atom is 0.308 e. The lowest BCUT2D eigenvalue weighted by Gasteiger charge is -2.46. The Hall–Kier alpha value is -0.980. The van der Waals surface area contributed by atoms with Crippen LogP contribution < -0.4 is 9.47 Å². The van der Waals surface area contributed by atoms with Gasteiger partial charge in [0.1, 0.15) is 26.6 Å². The average Bonchev–Trinajstić information content (AvgIpc) is 2.65. The first-order valence-electron chi connectivity index (χ1n) is 6.13. The highest BCUT2D eigenvalue weighted by Crippen LogP contribution is 2.58. The second kappa shape index (κ2) is 4.01. The fourth-order valence-electron chi connectivity index (χ4n) is 2.71. The van der Waals surface area contributed by atoms with Crippen LogP contribution in [0.1, 0.15) is 31.9 Å². The van der Waals surface area contributed by atoms with Crippen LogP contribution in [-0.2, 0) is 9.53 Å². The van der Waals surface area contributed by atoms with Crippen molar-refractivity contribution in [2.45, 2.75) is 35.4 Å². The van der Waals surface area contributed by atoms with Gasteiger partial charge in [0.25, 0.3) is 0 Å². The predicted octanol–water partition coefficient (Wildman–Crippen LogP) is 3.03. The molecule has 102 valence electrons. The Morgan fingerprint density at radius 3 is 2.84 bits per heavy atom. The molecule has 0 unspecified atom stereocenters. The SMILES string of the molecule is COc1ccc2c(c1)OC(C)(C)[C@@]1(I)CC(=O)O[C@@H]21. The number of rotatable bonds is 1. The topological polar surface area (TPSA) is 44.8 Å². The van der Waals surface area contributed by atoms with E-state index in [9.17, 15) is 4.79 Å². The smallest absolute Gasteiger partial charge is 0.308 e. The molecule has 1 fully saturated rings. The molecule has 0 aliphatic carbocycles. The van der Waals surface area contributed by atoms with E-state index in [4.69, 9.17) is 14.2 Å². The molecule has 1 saturated heterocycles. The molecule has 3 rings (SSSR count). The zero-order valence-corrected chi connectivity index (χ0v) is 13.2. The summed E-state index contributed by atoms with van der Waals surface area (Å²) in [6.07, 6.45) is 0.113. The molecular formula is C14H15IO4. The highest BCUT2D eigenvalue weighted by atomic mass is 127. The van der Waals surface area contributed by atoms with Gasteiger partial charge in [0, 0.05) is 11.6 Å². The zero-order chi connectivity index (χ0) is 13.8. The molecule has 2 atom stereocenters. The second-order valence-electron chi connectivity index (χ2n) is 5.43. The van der Waals surface area contributed by atoms with Crippen molar-refractivity contribution in [2.75, 3.05) is 7.11 Å². The largest absolute Gasteiger partial charge is 0.497 e. The number of hydrogen-bond donors (Lipinski definition) is 0. The van der Waals surface area contributed by atoms with Gasteiger partial charge in [-0.05, 0) is 26.0 Å². The average molecular weight is 374 g/mol. The Kier molecular flexibility index (Phi) is 2.75. The maximum absolute atomic E-state index is 11.7. The minimum absolute atomic E-state index is 0.167. The van der Waals surface area contributed by atoms with E-state index in [1.165, 1.54) is 0 Å². The number of halogens is 1. The molecule has 19 heavy (non-hydrogen) atoms. The van der Waals surface area contributed by atoms with E-state index in [1.807, 2.05) is 32.0 Å². The second-order valence-corrected chi connectivity index (χ2v) is 7.35. The molecule has 0 bridgehead atoms. The van der Waals surface area contributed by atoms with Gasteiger partial charge in [-0.1, -0.05) is 22.6 Å². The molecule has 2 heterocycles. The van der Waals surface area contributed by atoms with Gasteiger partial charge in [0.15, 0.2) is 0 Å². The van der Waals surface area contributed by atoms with Gasteiger partial charge < -0.3 is 14.2 Å². The van der Waals surface area contributed by atoms with Crippen LogP contribution in [-0.4, -0.2) is 22.1 Å². The third kappa shape index (κ3) is 1.74. The quantitative estimate of drug-likeness (QED) is 0.431. The Morgan fingerprint density at radius 2 is 2.16 bits per heavy atom. The van der Waals surface area contributed by atoms with Crippen molar-refractivity contribution >= 4 is 28.6 Å². The number of esters is 1. The Labute approximate surface area is 125 Å². The van der Waals surface area contributed by atoms with Crippen LogP contribution in [0, 0.1) is 0 Å². The summed E-state index contributed by atoms with van der Waals surface area (Å²) in [6, 6.07) is 5.63.